The highest BCUT2D eigenvalue weighted by Crippen LogP contribution is 2.61. The third-order valence-electron chi connectivity index (χ3n) is 7.76. The zero-order valence-electron chi connectivity index (χ0n) is 31.6. The van der Waals surface area contributed by atoms with Crippen molar-refractivity contribution >= 4 is 75.1 Å². The van der Waals surface area contributed by atoms with Gasteiger partial charge in [0.2, 0.25) is 16.9 Å². The van der Waals surface area contributed by atoms with Crippen molar-refractivity contribution in [2.75, 3.05) is 37.8 Å². The van der Waals surface area contributed by atoms with Crippen LogP contribution in [-0.4, -0.2) is 134 Å². The second kappa shape index (κ2) is 22.4. The van der Waals surface area contributed by atoms with E-state index in [9.17, 15) is 62.7 Å². The number of thioether (sulfide) groups is 1. The Morgan fingerprint density at radius 3 is 2.40 bits per heavy atom. The van der Waals surface area contributed by atoms with E-state index in [0.717, 1.165) is 35.1 Å². The highest BCUT2D eigenvalue weighted by molar-refractivity contribution is 8.14. The number of aliphatic carboxylic acids is 1. The van der Waals surface area contributed by atoms with Gasteiger partial charge in [-0.05, 0) is 12.5 Å². The van der Waals surface area contributed by atoms with Crippen LogP contribution in [0.2, 0.25) is 0 Å². The first-order chi connectivity index (χ1) is 27.9. The number of phosphoric acid groups is 3. The Kier molecular flexibility index (Phi) is 18.9. The number of nitrogens with two attached hydrogens (primary N) is 1. The van der Waals surface area contributed by atoms with Gasteiger partial charge in [-0.25, -0.2) is 33.4 Å². The van der Waals surface area contributed by atoms with E-state index in [1.165, 1.54) is 32.1 Å². The van der Waals surface area contributed by atoms with E-state index >= 15 is 0 Å². The first-order valence-electron chi connectivity index (χ1n) is 17.2. The number of nitrogens with zero attached hydrogens (tertiary/aromatic N) is 4. The van der Waals surface area contributed by atoms with E-state index in [2.05, 4.69) is 34.4 Å². The molecular formula is C30H44N7O19P3S. The molecule has 60 heavy (non-hydrogen) atoms. The van der Waals surface area contributed by atoms with Gasteiger partial charge in [-0.2, -0.15) is 4.31 Å². The number of aromatic nitrogens is 4. The van der Waals surface area contributed by atoms with Gasteiger partial charge in [0.05, 0.1) is 19.5 Å². The molecule has 2 aromatic rings. The van der Waals surface area contributed by atoms with Crippen molar-refractivity contribution in [2.24, 2.45) is 5.41 Å². The largest absolute Gasteiger partial charge is 0.481 e. The lowest BCUT2D eigenvalue weighted by atomic mass is 9.87. The number of fused-ring (bicyclic) bond motifs is 1. The Hall–Kier alpha value is -3.75. The van der Waals surface area contributed by atoms with Gasteiger partial charge in [0.1, 0.15) is 36.3 Å². The van der Waals surface area contributed by atoms with Gasteiger partial charge >= 0.3 is 29.4 Å². The molecule has 30 heteroatoms. The summed E-state index contributed by atoms with van der Waals surface area (Å²) in [6.07, 6.45) is 1.73. The normalized spacial score (nSPS) is 21.3. The molecule has 1 fully saturated rings. The molecule has 26 nitrogen and oxygen atoms in total. The van der Waals surface area contributed by atoms with E-state index in [4.69, 9.17) is 24.6 Å². The Morgan fingerprint density at radius 1 is 1.02 bits per heavy atom. The summed E-state index contributed by atoms with van der Waals surface area (Å²) >= 11 is 0.930. The van der Waals surface area contributed by atoms with Crippen molar-refractivity contribution in [3.63, 3.8) is 0 Å². The number of aliphatic hydroxyl groups is 2. The molecule has 3 heterocycles. The minimum atomic E-state index is -5.59. The maximum atomic E-state index is 12.7. The zero-order valence-corrected chi connectivity index (χ0v) is 35.1. The second-order valence-electron chi connectivity index (χ2n) is 13.0. The van der Waals surface area contributed by atoms with Gasteiger partial charge in [0, 0.05) is 36.8 Å². The van der Waals surface area contributed by atoms with Crippen LogP contribution in [0.5, 0.6) is 0 Å². The number of carbonyl (C=O) groups is 4. The molecular weight excluding hydrogens is 887 g/mol. The number of rotatable bonds is 24. The van der Waals surface area contributed by atoms with Crippen molar-refractivity contribution < 1.29 is 90.4 Å². The molecule has 2 aromatic heterocycles. The highest BCUT2D eigenvalue weighted by atomic mass is 32.2. The van der Waals surface area contributed by atoms with Crippen LogP contribution in [0.1, 0.15) is 32.9 Å². The number of carboxylic acid groups (broad SMARTS) is 1. The lowest BCUT2D eigenvalue weighted by molar-refractivity contribution is -0.137. The van der Waals surface area contributed by atoms with Crippen molar-refractivity contribution in [3.05, 3.63) is 49.1 Å². The number of allylic oxidation sites excluding steroid dienone is 4. The molecule has 0 aromatic carbocycles. The number of hydrogen-bond donors (Lipinski definition) is 10. The van der Waals surface area contributed by atoms with Crippen LogP contribution < -0.4 is 16.4 Å². The van der Waals surface area contributed by atoms with Crippen molar-refractivity contribution in [1.82, 2.24) is 30.2 Å². The molecule has 0 bridgehead atoms. The average molecular weight is 932 g/mol. The number of ether oxygens (including phenoxy) is 1. The number of carbonyl (C=O) groups excluding carboxylic acids is 3. The predicted octanol–water partition coefficient (Wildman–Crippen LogP) is -0.192. The van der Waals surface area contributed by atoms with Crippen LogP contribution in [0.15, 0.2) is 49.1 Å². The Labute approximate surface area is 344 Å². The summed E-state index contributed by atoms with van der Waals surface area (Å²) in [5.74, 6) is -2.38. The summed E-state index contributed by atoms with van der Waals surface area (Å²) in [4.78, 5) is 97.9. The van der Waals surface area contributed by atoms with Crippen LogP contribution in [0, 0.1) is 5.41 Å². The quantitative estimate of drug-likeness (QED) is 0.0282. The number of anilines is 1. The molecule has 0 aliphatic carbocycles. The molecule has 1 aliphatic heterocycles. The smallest absolute Gasteiger partial charge is 0.478 e. The molecule has 0 saturated carbocycles. The zero-order chi connectivity index (χ0) is 44.9. The fourth-order valence-electron chi connectivity index (χ4n) is 4.87. The van der Waals surface area contributed by atoms with Crippen molar-refractivity contribution in [3.8, 4) is 0 Å². The number of nitrogen functional groups attached to an aromatic ring is 1. The van der Waals surface area contributed by atoms with E-state index < -0.39 is 90.5 Å². The standard InChI is InChI=1S/C30H44N7O19P3S/c1-30(2,25(43)28(44)33-11-10-19(38)32-12-13-60-21(41)9-7-5-3-4-6-8-20(39)40)15-53-59(50,51)56-58(48,49)52-14-18-24(55-57(45,46)47)23(42)29(54-18)37-17-36-22-26(31)34-16-35-27(22)37/h3,5-9,16-18,23-25,29,42-43H,4,10-15H2,1-2H3,(H,32,38)(H,33,44)(H,39,40)(H,48,49)(H,50,51)(H2,31,34,35)(H2,45,46,47)/b5-3+,8-6+,9-7+. The average Bonchev–Trinajstić information content (AvgIpc) is 3.70. The van der Waals surface area contributed by atoms with Crippen LogP contribution in [0.3, 0.4) is 0 Å². The van der Waals surface area contributed by atoms with Crippen LogP contribution in [0.4, 0.5) is 5.82 Å². The maximum absolute atomic E-state index is 12.7. The molecule has 7 atom stereocenters. The Morgan fingerprint density at radius 2 is 1.72 bits per heavy atom. The van der Waals surface area contributed by atoms with E-state index in [1.54, 1.807) is 12.2 Å². The highest BCUT2D eigenvalue weighted by Gasteiger charge is 2.50. The van der Waals surface area contributed by atoms with Gasteiger partial charge < -0.3 is 56.0 Å². The molecule has 0 spiro atoms. The minimum Gasteiger partial charge on any atom is -0.478 e. The number of amides is 2. The van der Waals surface area contributed by atoms with Crippen molar-refractivity contribution in [1.29, 1.82) is 0 Å². The van der Waals surface area contributed by atoms with Gasteiger partial charge in [-0.3, -0.25) is 32.5 Å². The van der Waals surface area contributed by atoms with Gasteiger partial charge in [0.25, 0.3) is 0 Å². The molecule has 334 valence electrons. The molecule has 7 unspecified atom stereocenters. The summed E-state index contributed by atoms with van der Waals surface area (Å²) in [5, 5.41) is 34.5. The van der Waals surface area contributed by atoms with Gasteiger partial charge in [0.15, 0.2) is 17.7 Å². The van der Waals surface area contributed by atoms with Gasteiger partial charge in [-0.1, -0.05) is 49.9 Å². The number of carboxylic acids is 1. The third kappa shape index (κ3) is 16.6. The second-order valence-corrected chi connectivity index (χ2v) is 18.3. The third-order valence-corrected chi connectivity index (χ3v) is 11.7. The first kappa shape index (κ1) is 50.6. The molecule has 1 saturated heterocycles. The number of nitrogens with one attached hydrogen (secondary N) is 2. The first-order valence-corrected chi connectivity index (χ1v) is 22.7. The van der Waals surface area contributed by atoms with E-state index in [1.807, 2.05) is 0 Å². The predicted molar refractivity (Wildman–Crippen MR) is 207 cm³/mol. The number of aliphatic hydroxyl groups excluding tert-OH is 2. The summed E-state index contributed by atoms with van der Waals surface area (Å²) in [5.41, 5.74) is 4.21. The van der Waals surface area contributed by atoms with Crippen LogP contribution in [0.25, 0.3) is 11.2 Å². The van der Waals surface area contributed by atoms with E-state index in [-0.39, 0.29) is 47.4 Å². The fraction of sp³-hybridized carbons (Fsp3) is 0.500. The van der Waals surface area contributed by atoms with Crippen LogP contribution in [-0.2, 0) is 55.5 Å². The SMILES string of the molecule is CC(C)(COP(=O)(O)OP(=O)(O)OCC1OC(n2cnc3c(N)ncnc32)C(O)C1OP(=O)(O)O)C(O)C(=O)NCCC(=O)NCCSC(=O)/C=C/C=C/C/C=C/C(=O)O. The molecule has 11 N–H and O–H groups in total. The Bertz CT molecular complexity index is 2080. The van der Waals surface area contributed by atoms with Crippen LogP contribution >= 0.6 is 35.2 Å². The number of hydrogen-bond acceptors (Lipinski definition) is 19. The maximum Gasteiger partial charge on any atom is 0.481 e. The summed E-state index contributed by atoms with van der Waals surface area (Å²) in [6, 6.07) is 0. The molecule has 2 amide bonds. The van der Waals surface area contributed by atoms with Crippen molar-refractivity contribution in [2.45, 2.75) is 57.3 Å². The molecule has 0 radical (unpaired) electrons. The summed E-state index contributed by atoms with van der Waals surface area (Å²) in [7, 11) is -16.4. The lowest BCUT2D eigenvalue weighted by Gasteiger charge is -2.30. The fourth-order valence-corrected chi connectivity index (χ4v) is 8.28. The monoisotopic (exact) mass is 931 g/mol. The Balaban J connectivity index is 1.43. The van der Waals surface area contributed by atoms with Gasteiger partial charge in [-0.15, -0.1) is 0 Å². The lowest BCUT2D eigenvalue weighted by Crippen LogP contribution is -2.46. The molecule has 3 rings (SSSR count). The minimum absolute atomic E-state index is 0.0202. The number of imidazole rings is 1. The van der Waals surface area contributed by atoms with E-state index in [0.29, 0.717) is 6.42 Å². The summed E-state index contributed by atoms with van der Waals surface area (Å²) in [6.45, 7) is 0.284. The topological polar surface area (TPSA) is 401 Å². The summed E-state index contributed by atoms with van der Waals surface area (Å²) < 4.78 is 62.1. The molecule has 1 aliphatic rings. The number of phosphoric ester groups is 3.